The topological polar surface area (TPSA) is 67.2 Å². The Balaban J connectivity index is 2.38. The van der Waals surface area contributed by atoms with Gasteiger partial charge in [-0.2, -0.15) is 0 Å². The molecule has 0 aliphatic rings. The third-order valence-corrected chi connectivity index (χ3v) is 3.54. The van der Waals surface area contributed by atoms with Crippen LogP contribution in [0.25, 0.3) is 0 Å². The van der Waals surface area contributed by atoms with E-state index in [4.69, 9.17) is 11.6 Å². The van der Waals surface area contributed by atoms with E-state index in [2.05, 4.69) is 26.6 Å². The summed E-state index contributed by atoms with van der Waals surface area (Å²) in [6, 6.07) is 10.2. The number of hydrogen-bond donors (Lipinski definition) is 2. The fourth-order valence-corrected chi connectivity index (χ4v) is 2.37. The molecule has 2 rings (SSSR count). The highest BCUT2D eigenvalue weighted by molar-refractivity contribution is 9.10. The van der Waals surface area contributed by atoms with E-state index < -0.39 is 4.92 Å². The number of nitrogens with one attached hydrogen (secondary N) is 2. The van der Waals surface area contributed by atoms with Gasteiger partial charge in [0, 0.05) is 34.5 Å². The van der Waals surface area contributed by atoms with Gasteiger partial charge < -0.3 is 10.6 Å². The van der Waals surface area contributed by atoms with E-state index in [0.29, 0.717) is 28.6 Å². The molecule has 0 saturated heterocycles. The Labute approximate surface area is 135 Å². The maximum Gasteiger partial charge on any atom is 0.273 e. The Bertz CT molecular complexity index is 679. The molecule has 0 unspecified atom stereocenters. The van der Waals surface area contributed by atoms with Gasteiger partial charge in [0.2, 0.25) is 0 Å². The largest absolute Gasteiger partial charge is 0.385 e. The third-order valence-electron chi connectivity index (χ3n) is 2.72. The van der Waals surface area contributed by atoms with Gasteiger partial charge in [-0.05, 0) is 31.2 Å². The summed E-state index contributed by atoms with van der Waals surface area (Å²) in [4.78, 5) is 10.6. The molecule has 0 aromatic heterocycles. The highest BCUT2D eigenvalue weighted by Crippen LogP contribution is 2.31. The molecule has 0 atom stereocenters. The summed E-state index contributed by atoms with van der Waals surface area (Å²) in [6.07, 6.45) is 0. The Morgan fingerprint density at radius 2 is 1.95 bits per heavy atom. The Morgan fingerprint density at radius 3 is 2.62 bits per heavy atom. The Morgan fingerprint density at radius 1 is 1.24 bits per heavy atom. The molecule has 7 heteroatoms. The van der Waals surface area contributed by atoms with Crippen molar-refractivity contribution < 1.29 is 4.92 Å². The second kappa shape index (κ2) is 6.78. The number of benzene rings is 2. The second-order valence-corrected chi connectivity index (χ2v) is 5.63. The third kappa shape index (κ3) is 4.09. The normalized spacial score (nSPS) is 10.2. The van der Waals surface area contributed by atoms with Gasteiger partial charge in [-0.1, -0.05) is 27.5 Å². The fourth-order valence-electron chi connectivity index (χ4n) is 1.84. The van der Waals surface area contributed by atoms with Crippen LogP contribution in [0.15, 0.2) is 40.9 Å². The molecule has 0 heterocycles. The average Bonchev–Trinajstić information content (AvgIpc) is 2.43. The van der Waals surface area contributed by atoms with Gasteiger partial charge in [0.15, 0.2) is 0 Å². The number of rotatable bonds is 5. The first-order chi connectivity index (χ1) is 9.99. The van der Waals surface area contributed by atoms with Gasteiger partial charge in [-0.15, -0.1) is 0 Å². The lowest BCUT2D eigenvalue weighted by atomic mass is 10.2. The van der Waals surface area contributed by atoms with Crippen LogP contribution in [0.5, 0.6) is 0 Å². The van der Waals surface area contributed by atoms with Crippen molar-refractivity contribution >= 4 is 50.3 Å². The molecular formula is C14H13BrClN3O2. The summed E-state index contributed by atoms with van der Waals surface area (Å²) < 4.78 is 0.867. The van der Waals surface area contributed by atoms with Crippen molar-refractivity contribution in [2.75, 3.05) is 17.2 Å². The van der Waals surface area contributed by atoms with Crippen LogP contribution in [0.1, 0.15) is 6.92 Å². The second-order valence-electron chi connectivity index (χ2n) is 4.31. The minimum atomic E-state index is -0.422. The van der Waals surface area contributed by atoms with Crippen LogP contribution >= 0.6 is 27.5 Å². The van der Waals surface area contributed by atoms with Crippen LogP contribution in [-0.4, -0.2) is 11.5 Å². The number of anilines is 3. The lowest BCUT2D eigenvalue weighted by molar-refractivity contribution is -0.384. The molecule has 2 aromatic rings. The van der Waals surface area contributed by atoms with E-state index >= 15 is 0 Å². The van der Waals surface area contributed by atoms with Crippen molar-refractivity contribution in [2.45, 2.75) is 6.92 Å². The lowest BCUT2D eigenvalue weighted by Crippen LogP contribution is -2.00. The molecule has 0 spiro atoms. The molecular weight excluding hydrogens is 358 g/mol. The van der Waals surface area contributed by atoms with Crippen molar-refractivity contribution in [1.82, 2.24) is 0 Å². The molecule has 0 fully saturated rings. The summed E-state index contributed by atoms with van der Waals surface area (Å²) in [7, 11) is 0. The number of halogens is 2. The highest BCUT2D eigenvalue weighted by atomic mass is 79.9. The van der Waals surface area contributed by atoms with Gasteiger partial charge in [0.05, 0.1) is 15.6 Å². The number of hydrogen-bond acceptors (Lipinski definition) is 4. The molecule has 0 saturated carbocycles. The highest BCUT2D eigenvalue weighted by Gasteiger charge is 2.11. The Kier molecular flexibility index (Phi) is 5.03. The molecule has 0 amide bonds. The molecule has 0 aliphatic carbocycles. The van der Waals surface area contributed by atoms with Crippen molar-refractivity contribution in [1.29, 1.82) is 0 Å². The monoisotopic (exact) mass is 369 g/mol. The van der Waals surface area contributed by atoms with Crippen LogP contribution in [0.2, 0.25) is 5.02 Å². The zero-order chi connectivity index (χ0) is 15.4. The van der Waals surface area contributed by atoms with Crippen LogP contribution in [-0.2, 0) is 0 Å². The van der Waals surface area contributed by atoms with Crippen LogP contribution in [0.3, 0.4) is 0 Å². The molecule has 2 aromatic carbocycles. The SMILES string of the molecule is CCNc1cc(Nc2cc(Br)ccc2Cl)cc([N+](=O)[O-])c1. The summed E-state index contributed by atoms with van der Waals surface area (Å²) in [5.41, 5.74) is 1.97. The first kappa shape index (κ1) is 15.6. The molecule has 5 nitrogen and oxygen atoms in total. The Hall–Kier alpha value is -1.79. The summed E-state index contributed by atoms with van der Waals surface area (Å²) in [5, 5.41) is 17.7. The van der Waals surface area contributed by atoms with Crippen LogP contribution in [0, 0.1) is 10.1 Å². The molecule has 0 bridgehead atoms. The van der Waals surface area contributed by atoms with Gasteiger partial charge in [0.1, 0.15) is 0 Å². The van der Waals surface area contributed by atoms with E-state index in [9.17, 15) is 10.1 Å². The minimum absolute atomic E-state index is 0.0158. The van der Waals surface area contributed by atoms with E-state index in [1.54, 1.807) is 12.1 Å². The van der Waals surface area contributed by atoms with E-state index in [1.165, 1.54) is 12.1 Å². The predicted molar refractivity (Wildman–Crippen MR) is 89.7 cm³/mol. The van der Waals surface area contributed by atoms with E-state index in [-0.39, 0.29) is 5.69 Å². The van der Waals surface area contributed by atoms with E-state index in [1.807, 2.05) is 19.1 Å². The molecule has 0 radical (unpaired) electrons. The minimum Gasteiger partial charge on any atom is -0.385 e. The van der Waals surface area contributed by atoms with Crippen molar-refractivity contribution in [3.8, 4) is 0 Å². The summed E-state index contributed by atoms with van der Waals surface area (Å²) in [6.45, 7) is 2.61. The number of non-ortho nitro benzene ring substituents is 1. The number of nitro groups is 1. The summed E-state index contributed by atoms with van der Waals surface area (Å²) >= 11 is 9.48. The summed E-state index contributed by atoms with van der Waals surface area (Å²) in [5.74, 6) is 0. The maximum absolute atomic E-state index is 11.0. The van der Waals surface area contributed by atoms with Crippen LogP contribution in [0.4, 0.5) is 22.7 Å². The van der Waals surface area contributed by atoms with Gasteiger partial charge in [0.25, 0.3) is 5.69 Å². The van der Waals surface area contributed by atoms with Gasteiger partial charge in [-0.25, -0.2) is 0 Å². The lowest BCUT2D eigenvalue weighted by Gasteiger charge is -2.11. The van der Waals surface area contributed by atoms with Crippen LogP contribution < -0.4 is 10.6 Å². The molecule has 21 heavy (non-hydrogen) atoms. The smallest absolute Gasteiger partial charge is 0.273 e. The van der Waals surface area contributed by atoms with Crippen molar-refractivity contribution in [2.24, 2.45) is 0 Å². The zero-order valence-corrected chi connectivity index (χ0v) is 13.5. The standard InChI is InChI=1S/C14H13BrClN3O2/c1-2-17-10-6-11(8-12(7-10)19(20)21)18-14-5-9(15)3-4-13(14)16/h3-8,17-18H,2H2,1H3. The first-order valence-corrected chi connectivity index (χ1v) is 7.42. The zero-order valence-electron chi connectivity index (χ0n) is 11.2. The fraction of sp³-hybridized carbons (Fsp3) is 0.143. The quantitative estimate of drug-likeness (QED) is 0.561. The van der Waals surface area contributed by atoms with E-state index in [0.717, 1.165) is 4.47 Å². The molecule has 110 valence electrons. The van der Waals surface area contributed by atoms with Crippen molar-refractivity contribution in [3.05, 3.63) is 56.0 Å². The number of nitrogens with zero attached hydrogens (tertiary/aromatic N) is 1. The number of nitro benzene ring substituents is 1. The molecule has 0 aliphatic heterocycles. The van der Waals surface area contributed by atoms with Gasteiger partial charge in [-0.3, -0.25) is 10.1 Å². The molecule has 2 N–H and O–H groups in total. The first-order valence-electron chi connectivity index (χ1n) is 6.25. The average molecular weight is 371 g/mol. The predicted octanol–water partition coefficient (Wildman–Crippen LogP) is 5.19. The van der Waals surface area contributed by atoms with Gasteiger partial charge >= 0.3 is 0 Å². The van der Waals surface area contributed by atoms with Crippen molar-refractivity contribution in [3.63, 3.8) is 0 Å². The maximum atomic E-state index is 11.0.